The molecule has 0 heterocycles. The van der Waals surface area contributed by atoms with Crippen LogP contribution in [0.15, 0.2) is 22.7 Å². The minimum absolute atomic E-state index is 0.580. The van der Waals surface area contributed by atoms with Crippen molar-refractivity contribution in [1.29, 1.82) is 0 Å². The molecule has 3 nitrogen and oxygen atoms in total. The Morgan fingerprint density at radius 2 is 2.31 bits per heavy atom. The number of nitrogens with one attached hydrogen (secondary N) is 1. The van der Waals surface area contributed by atoms with Crippen LogP contribution in [0.4, 0.5) is 11.4 Å². The summed E-state index contributed by atoms with van der Waals surface area (Å²) in [6.45, 7) is 1.86. The van der Waals surface area contributed by atoms with Gasteiger partial charge in [0.2, 0.25) is 0 Å². The first kappa shape index (κ1) is 10.5. The molecule has 0 amide bonds. The van der Waals surface area contributed by atoms with Gasteiger partial charge in [-0.1, -0.05) is 6.92 Å². The fourth-order valence-electron chi connectivity index (χ4n) is 0.809. The molecule has 0 aliphatic rings. The van der Waals surface area contributed by atoms with E-state index in [0.29, 0.717) is 11.4 Å². The Bertz CT molecular complexity index is 330. The van der Waals surface area contributed by atoms with Crippen molar-refractivity contribution in [2.24, 2.45) is 0 Å². The van der Waals surface area contributed by atoms with E-state index in [2.05, 4.69) is 20.7 Å². The lowest BCUT2D eigenvalue weighted by Crippen LogP contribution is -2.06. The molecule has 0 saturated carbocycles. The molecule has 0 aromatic heterocycles. The van der Waals surface area contributed by atoms with E-state index < -0.39 is 11.0 Å². The summed E-state index contributed by atoms with van der Waals surface area (Å²) in [4.78, 5) is 0. The number of benzene rings is 1. The van der Waals surface area contributed by atoms with Gasteiger partial charge >= 0.3 is 0 Å². The molecule has 0 spiro atoms. The predicted octanol–water partition coefficient (Wildman–Crippen LogP) is 2.13. The quantitative estimate of drug-likeness (QED) is 0.821. The third kappa shape index (κ3) is 3.00. The summed E-state index contributed by atoms with van der Waals surface area (Å²) < 4.78 is 14.9. The average molecular weight is 263 g/mol. The lowest BCUT2D eigenvalue weighted by Gasteiger charge is -2.06. The minimum atomic E-state index is -1.02. The molecule has 0 saturated heterocycles. The number of hydrogen-bond donors (Lipinski definition) is 2. The maximum absolute atomic E-state index is 11.2. The molecule has 1 atom stereocenters. The van der Waals surface area contributed by atoms with Crippen LogP contribution in [0.5, 0.6) is 0 Å². The van der Waals surface area contributed by atoms with Crippen LogP contribution >= 0.6 is 15.9 Å². The van der Waals surface area contributed by atoms with E-state index in [0.717, 1.165) is 10.2 Å². The Kier molecular flexibility index (Phi) is 3.74. The van der Waals surface area contributed by atoms with Crippen LogP contribution in [0.1, 0.15) is 6.92 Å². The Morgan fingerprint density at radius 1 is 1.62 bits per heavy atom. The molecule has 0 aliphatic carbocycles. The normalized spacial score (nSPS) is 12.5. The number of anilines is 2. The number of nitrogen functional groups attached to an aromatic ring is 1. The second-order valence-corrected chi connectivity index (χ2v) is 4.80. The third-order valence-corrected chi connectivity index (χ3v) is 3.11. The summed E-state index contributed by atoms with van der Waals surface area (Å²) in [6, 6.07) is 5.34. The van der Waals surface area contributed by atoms with Crippen LogP contribution in [0.2, 0.25) is 0 Å². The summed E-state index contributed by atoms with van der Waals surface area (Å²) in [5.41, 5.74) is 7.04. The Morgan fingerprint density at radius 3 is 2.85 bits per heavy atom. The van der Waals surface area contributed by atoms with Crippen LogP contribution in [-0.4, -0.2) is 9.96 Å². The molecule has 1 rings (SSSR count). The van der Waals surface area contributed by atoms with Crippen molar-refractivity contribution in [1.82, 2.24) is 0 Å². The monoisotopic (exact) mass is 262 g/mol. The Balaban J connectivity index is 2.83. The second-order valence-electron chi connectivity index (χ2n) is 2.48. The summed E-state index contributed by atoms with van der Waals surface area (Å²) in [5, 5.41) is 0. The van der Waals surface area contributed by atoms with Crippen molar-refractivity contribution in [2.75, 3.05) is 16.2 Å². The molecule has 3 N–H and O–H groups in total. The van der Waals surface area contributed by atoms with Crippen LogP contribution < -0.4 is 10.5 Å². The lowest BCUT2D eigenvalue weighted by atomic mass is 10.3. The number of nitrogens with two attached hydrogens (primary N) is 1. The lowest BCUT2D eigenvalue weighted by molar-refractivity contribution is 0.687. The van der Waals surface area contributed by atoms with E-state index in [-0.39, 0.29) is 0 Å². The first-order valence-corrected chi connectivity index (χ1v) is 5.94. The number of halogens is 1. The molecule has 0 radical (unpaired) electrons. The first-order chi connectivity index (χ1) is 6.13. The Labute approximate surface area is 88.4 Å². The van der Waals surface area contributed by atoms with E-state index in [1.54, 1.807) is 18.2 Å². The summed E-state index contributed by atoms with van der Waals surface area (Å²) >= 11 is 3.33. The molecule has 5 heteroatoms. The largest absolute Gasteiger partial charge is 0.399 e. The SMILES string of the molecule is CCS(=O)Nc1ccc(N)cc1Br. The summed E-state index contributed by atoms with van der Waals surface area (Å²) in [5.74, 6) is 0.580. The van der Waals surface area contributed by atoms with Gasteiger partial charge in [-0.2, -0.15) is 0 Å². The van der Waals surface area contributed by atoms with Gasteiger partial charge < -0.3 is 10.5 Å². The predicted molar refractivity (Wildman–Crippen MR) is 60.9 cm³/mol. The van der Waals surface area contributed by atoms with Crippen LogP contribution in [-0.2, 0) is 11.0 Å². The molecule has 0 fully saturated rings. The van der Waals surface area contributed by atoms with E-state index in [1.165, 1.54) is 0 Å². The van der Waals surface area contributed by atoms with Gasteiger partial charge in [0.25, 0.3) is 0 Å². The molecule has 0 bridgehead atoms. The number of hydrogen-bond acceptors (Lipinski definition) is 2. The van der Waals surface area contributed by atoms with Gasteiger partial charge in [-0.3, -0.25) is 0 Å². The maximum Gasteiger partial charge on any atom is 0.116 e. The van der Waals surface area contributed by atoms with Gasteiger partial charge in [0, 0.05) is 15.9 Å². The smallest absolute Gasteiger partial charge is 0.116 e. The van der Waals surface area contributed by atoms with Gasteiger partial charge in [0.1, 0.15) is 11.0 Å². The first-order valence-electron chi connectivity index (χ1n) is 3.83. The van der Waals surface area contributed by atoms with E-state index in [4.69, 9.17) is 5.73 Å². The van der Waals surface area contributed by atoms with Crippen molar-refractivity contribution in [2.45, 2.75) is 6.92 Å². The molecular formula is C8H11BrN2OS. The average Bonchev–Trinajstić information content (AvgIpc) is 2.09. The van der Waals surface area contributed by atoms with Gasteiger partial charge in [-0.15, -0.1) is 0 Å². The molecule has 72 valence electrons. The molecule has 1 aromatic rings. The van der Waals surface area contributed by atoms with E-state index in [1.807, 2.05) is 6.92 Å². The zero-order chi connectivity index (χ0) is 9.84. The van der Waals surface area contributed by atoms with Crippen molar-refractivity contribution in [3.8, 4) is 0 Å². The molecule has 1 aromatic carbocycles. The standard InChI is InChI=1S/C8H11BrN2OS/c1-2-13(12)11-8-4-3-6(10)5-7(8)9/h3-5,11H,2,10H2,1H3. The second kappa shape index (κ2) is 4.62. The molecular weight excluding hydrogens is 252 g/mol. The van der Waals surface area contributed by atoms with Gasteiger partial charge in [-0.25, -0.2) is 4.21 Å². The highest BCUT2D eigenvalue weighted by molar-refractivity contribution is 9.10. The fourth-order valence-corrected chi connectivity index (χ4v) is 2.00. The van der Waals surface area contributed by atoms with Crippen LogP contribution in [0.3, 0.4) is 0 Å². The van der Waals surface area contributed by atoms with Crippen LogP contribution in [0.25, 0.3) is 0 Å². The zero-order valence-corrected chi connectivity index (χ0v) is 9.61. The summed E-state index contributed by atoms with van der Waals surface area (Å²) in [6.07, 6.45) is 0. The molecule has 1 unspecified atom stereocenters. The summed E-state index contributed by atoms with van der Waals surface area (Å²) in [7, 11) is -1.02. The van der Waals surface area contributed by atoms with Crippen molar-refractivity contribution in [3.05, 3.63) is 22.7 Å². The third-order valence-electron chi connectivity index (χ3n) is 1.48. The fraction of sp³-hybridized carbons (Fsp3) is 0.250. The highest BCUT2D eigenvalue weighted by atomic mass is 79.9. The van der Waals surface area contributed by atoms with Crippen molar-refractivity contribution < 1.29 is 4.21 Å². The highest BCUT2D eigenvalue weighted by Gasteiger charge is 2.01. The zero-order valence-electron chi connectivity index (χ0n) is 7.21. The topological polar surface area (TPSA) is 55.1 Å². The molecule has 0 aliphatic heterocycles. The Hall–Kier alpha value is -0.550. The van der Waals surface area contributed by atoms with E-state index in [9.17, 15) is 4.21 Å². The van der Waals surface area contributed by atoms with Gasteiger partial charge in [-0.05, 0) is 34.1 Å². The van der Waals surface area contributed by atoms with E-state index >= 15 is 0 Å². The van der Waals surface area contributed by atoms with Crippen molar-refractivity contribution in [3.63, 3.8) is 0 Å². The molecule has 13 heavy (non-hydrogen) atoms. The van der Waals surface area contributed by atoms with Gasteiger partial charge in [0.15, 0.2) is 0 Å². The maximum atomic E-state index is 11.2. The highest BCUT2D eigenvalue weighted by Crippen LogP contribution is 2.24. The van der Waals surface area contributed by atoms with Crippen molar-refractivity contribution >= 4 is 38.3 Å². The van der Waals surface area contributed by atoms with Gasteiger partial charge in [0.05, 0.1) is 5.69 Å². The minimum Gasteiger partial charge on any atom is -0.399 e. The number of rotatable bonds is 3. The van der Waals surface area contributed by atoms with Crippen LogP contribution in [0, 0.1) is 0 Å².